The Balaban J connectivity index is 4.32. The van der Waals surface area contributed by atoms with Gasteiger partial charge in [0.15, 0.2) is 6.10 Å². The number of carbonyl (C=O) groups excluding carboxylic acids is 2. The Labute approximate surface area is 365 Å². The third-order valence-electron chi connectivity index (χ3n) is 10.0. The Kier molecular flexibility index (Phi) is 41.3. The molecule has 0 spiro atoms. The summed E-state index contributed by atoms with van der Waals surface area (Å²) in [5.41, 5.74) is 5.34. The molecule has 3 atom stereocenters. The van der Waals surface area contributed by atoms with Crippen LogP contribution < -0.4 is 5.73 Å². The highest BCUT2D eigenvalue weighted by Crippen LogP contribution is 2.43. The molecule has 60 heavy (non-hydrogen) atoms. The summed E-state index contributed by atoms with van der Waals surface area (Å²) in [6.07, 6.45) is 48.8. The van der Waals surface area contributed by atoms with Crippen molar-refractivity contribution in [3.8, 4) is 0 Å². The van der Waals surface area contributed by atoms with Crippen molar-refractivity contribution in [2.24, 2.45) is 5.73 Å². The zero-order chi connectivity index (χ0) is 44.2. The molecule has 0 fully saturated rings. The zero-order valence-electron chi connectivity index (χ0n) is 37.8. The summed E-state index contributed by atoms with van der Waals surface area (Å²) in [6, 6.07) is -1.52. The van der Waals surface area contributed by atoms with E-state index in [4.69, 9.17) is 24.8 Å². The second kappa shape index (κ2) is 43.1. The number of nitrogens with two attached hydrogens (primary N) is 1. The van der Waals surface area contributed by atoms with Crippen LogP contribution in [0.5, 0.6) is 0 Å². The second-order valence-electron chi connectivity index (χ2n) is 15.9. The van der Waals surface area contributed by atoms with E-state index < -0.39 is 51.1 Å². The fourth-order valence-corrected chi connectivity index (χ4v) is 7.08. The first-order valence-electron chi connectivity index (χ1n) is 23.7. The van der Waals surface area contributed by atoms with Crippen molar-refractivity contribution in [1.29, 1.82) is 0 Å². The van der Waals surface area contributed by atoms with Crippen LogP contribution >= 0.6 is 7.82 Å². The molecular formula is C48H86NO10P. The van der Waals surface area contributed by atoms with E-state index in [1.165, 1.54) is 103 Å². The summed E-state index contributed by atoms with van der Waals surface area (Å²) in [4.78, 5) is 46.1. The summed E-state index contributed by atoms with van der Waals surface area (Å²) >= 11 is 0. The Morgan fingerprint density at radius 1 is 0.517 bits per heavy atom. The number of hydrogen-bond acceptors (Lipinski definition) is 9. The van der Waals surface area contributed by atoms with Gasteiger partial charge in [0, 0.05) is 12.8 Å². The average molecular weight is 868 g/mol. The Bertz CT molecular complexity index is 1200. The summed E-state index contributed by atoms with van der Waals surface area (Å²) in [7, 11) is -4.72. The number of carboxylic acid groups (broad SMARTS) is 1. The number of carbonyl (C=O) groups is 3. The molecule has 0 aromatic rings. The van der Waals surface area contributed by atoms with Crippen LogP contribution in [0.3, 0.4) is 0 Å². The van der Waals surface area contributed by atoms with Crippen molar-refractivity contribution in [2.45, 2.75) is 219 Å². The largest absolute Gasteiger partial charge is 0.480 e. The third kappa shape index (κ3) is 42.1. The van der Waals surface area contributed by atoms with Crippen LogP contribution in [0.25, 0.3) is 0 Å². The van der Waals surface area contributed by atoms with E-state index in [9.17, 15) is 23.8 Å². The first-order chi connectivity index (χ1) is 29.1. The van der Waals surface area contributed by atoms with Crippen molar-refractivity contribution in [3.05, 3.63) is 48.6 Å². The molecule has 3 unspecified atom stereocenters. The number of phosphoric ester groups is 1. The number of allylic oxidation sites excluding steroid dienone is 8. The fourth-order valence-electron chi connectivity index (χ4n) is 6.30. The molecule has 0 amide bonds. The molecule has 0 aliphatic rings. The number of phosphoric acid groups is 1. The van der Waals surface area contributed by atoms with Crippen molar-refractivity contribution >= 4 is 25.7 Å². The van der Waals surface area contributed by atoms with Crippen LogP contribution in [-0.2, 0) is 37.5 Å². The van der Waals surface area contributed by atoms with Gasteiger partial charge in [-0.25, -0.2) is 4.57 Å². The lowest BCUT2D eigenvalue weighted by Gasteiger charge is -2.20. The lowest BCUT2D eigenvalue weighted by molar-refractivity contribution is -0.161. The molecular weight excluding hydrogens is 781 g/mol. The monoisotopic (exact) mass is 868 g/mol. The maximum absolute atomic E-state index is 12.7. The van der Waals surface area contributed by atoms with Crippen LogP contribution in [0.4, 0.5) is 0 Å². The molecule has 348 valence electrons. The Hall–Kier alpha value is -2.56. The molecule has 0 aliphatic carbocycles. The smallest absolute Gasteiger partial charge is 0.472 e. The quantitative estimate of drug-likeness (QED) is 0.0230. The Morgan fingerprint density at radius 3 is 1.30 bits per heavy atom. The van der Waals surface area contributed by atoms with Gasteiger partial charge in [-0.3, -0.25) is 23.4 Å². The molecule has 4 N–H and O–H groups in total. The second-order valence-corrected chi connectivity index (χ2v) is 17.3. The SMILES string of the molecule is CCCCC/C=C\C/C=C\CCCCCCCCCCCC(=O)OC(COC(=O)CCCCCCCCC/C=C\C/C=C\CCCCC)COP(=O)(O)OCC(N)C(=O)O. The van der Waals surface area contributed by atoms with Gasteiger partial charge < -0.3 is 25.2 Å². The van der Waals surface area contributed by atoms with E-state index in [-0.39, 0.29) is 19.4 Å². The molecule has 0 radical (unpaired) electrons. The minimum Gasteiger partial charge on any atom is -0.480 e. The molecule has 12 heteroatoms. The number of aliphatic carboxylic acids is 1. The van der Waals surface area contributed by atoms with Crippen molar-refractivity contribution in [3.63, 3.8) is 0 Å². The highest BCUT2D eigenvalue weighted by molar-refractivity contribution is 7.47. The van der Waals surface area contributed by atoms with E-state index in [1.807, 2.05) is 0 Å². The van der Waals surface area contributed by atoms with Crippen LogP contribution in [0.2, 0.25) is 0 Å². The van der Waals surface area contributed by atoms with Crippen molar-refractivity contribution in [1.82, 2.24) is 0 Å². The minimum absolute atomic E-state index is 0.154. The van der Waals surface area contributed by atoms with Crippen LogP contribution in [0, 0.1) is 0 Å². The van der Waals surface area contributed by atoms with Crippen LogP contribution in [-0.4, -0.2) is 59.9 Å². The maximum atomic E-state index is 12.7. The van der Waals surface area contributed by atoms with E-state index in [2.05, 4.69) is 67.0 Å². The number of rotatable bonds is 44. The Morgan fingerprint density at radius 2 is 0.883 bits per heavy atom. The number of unbranched alkanes of at least 4 members (excludes halogenated alkanes) is 22. The van der Waals surface area contributed by atoms with Crippen LogP contribution in [0.15, 0.2) is 48.6 Å². The van der Waals surface area contributed by atoms with Gasteiger partial charge in [0.2, 0.25) is 0 Å². The third-order valence-corrected chi connectivity index (χ3v) is 11.0. The van der Waals surface area contributed by atoms with Crippen molar-refractivity contribution in [2.75, 3.05) is 19.8 Å². The van der Waals surface area contributed by atoms with Gasteiger partial charge in [-0.2, -0.15) is 0 Å². The fraction of sp³-hybridized carbons (Fsp3) is 0.771. The van der Waals surface area contributed by atoms with Gasteiger partial charge in [0.25, 0.3) is 0 Å². The van der Waals surface area contributed by atoms with E-state index in [0.29, 0.717) is 12.8 Å². The lowest BCUT2D eigenvalue weighted by Crippen LogP contribution is -2.34. The number of ether oxygens (including phenoxy) is 2. The van der Waals surface area contributed by atoms with Gasteiger partial charge in [-0.05, 0) is 77.0 Å². The summed E-state index contributed by atoms with van der Waals surface area (Å²) in [5.74, 6) is -2.39. The molecule has 0 rings (SSSR count). The number of hydrogen-bond donors (Lipinski definition) is 3. The molecule has 0 aromatic carbocycles. The highest BCUT2D eigenvalue weighted by Gasteiger charge is 2.28. The molecule has 0 saturated heterocycles. The predicted octanol–water partition coefficient (Wildman–Crippen LogP) is 13.0. The molecule has 0 aromatic heterocycles. The summed E-state index contributed by atoms with van der Waals surface area (Å²) < 4.78 is 32.8. The van der Waals surface area contributed by atoms with Crippen LogP contribution in [0.1, 0.15) is 206 Å². The topological polar surface area (TPSA) is 172 Å². The standard InChI is InChI=1S/C48H86NO10P/c1-3-5-7-9-11-13-15-17-19-21-22-24-26-28-30-32-34-36-38-40-47(51)59-44(42-57-60(54,55)58-43-45(49)48(52)53)41-56-46(50)39-37-35-33-31-29-27-25-23-20-18-16-14-12-10-8-6-4-2/h11-14,17-20,44-45H,3-10,15-16,21-43,49H2,1-2H3,(H,52,53)(H,54,55)/b13-11-,14-12-,19-17-,20-18-. The van der Waals surface area contributed by atoms with Gasteiger partial charge in [-0.15, -0.1) is 0 Å². The van der Waals surface area contributed by atoms with Gasteiger partial charge >= 0.3 is 25.7 Å². The van der Waals surface area contributed by atoms with Crippen molar-refractivity contribution < 1.29 is 47.5 Å². The average Bonchev–Trinajstić information content (AvgIpc) is 3.22. The normalized spacial score (nSPS) is 14.1. The molecule has 0 bridgehead atoms. The lowest BCUT2D eigenvalue weighted by atomic mass is 10.1. The molecule has 0 saturated carbocycles. The van der Waals surface area contributed by atoms with E-state index in [0.717, 1.165) is 64.2 Å². The van der Waals surface area contributed by atoms with E-state index >= 15 is 0 Å². The first kappa shape index (κ1) is 57.4. The molecule has 0 heterocycles. The molecule has 11 nitrogen and oxygen atoms in total. The van der Waals surface area contributed by atoms with Gasteiger partial charge in [0.05, 0.1) is 13.2 Å². The first-order valence-corrected chi connectivity index (χ1v) is 25.2. The summed E-state index contributed by atoms with van der Waals surface area (Å²) in [6.45, 7) is 2.76. The maximum Gasteiger partial charge on any atom is 0.472 e. The molecule has 0 aliphatic heterocycles. The number of carboxylic acids is 1. The zero-order valence-corrected chi connectivity index (χ0v) is 38.7. The van der Waals surface area contributed by atoms with E-state index in [1.54, 1.807) is 0 Å². The minimum atomic E-state index is -4.72. The highest BCUT2D eigenvalue weighted by atomic mass is 31.2. The summed E-state index contributed by atoms with van der Waals surface area (Å²) in [5, 5.41) is 8.91. The predicted molar refractivity (Wildman–Crippen MR) is 245 cm³/mol. The van der Waals surface area contributed by atoms with Gasteiger partial charge in [-0.1, -0.05) is 165 Å². The van der Waals surface area contributed by atoms with Gasteiger partial charge in [0.1, 0.15) is 12.6 Å². The number of esters is 2.